The van der Waals surface area contributed by atoms with Gasteiger partial charge in [0.2, 0.25) is 0 Å². The fourth-order valence-corrected chi connectivity index (χ4v) is 3.95. The minimum atomic E-state index is -3.71. The highest BCUT2D eigenvalue weighted by Gasteiger charge is 2.20. The van der Waals surface area contributed by atoms with Crippen LogP contribution in [-0.4, -0.2) is 13.4 Å². The van der Waals surface area contributed by atoms with Crippen LogP contribution in [0.4, 0.5) is 0 Å². The quantitative estimate of drug-likeness (QED) is 0.882. The minimum Gasteiger partial charge on any atom is -0.315 e. The third-order valence-corrected chi connectivity index (χ3v) is 5.58. The van der Waals surface area contributed by atoms with Crippen LogP contribution in [0.3, 0.4) is 0 Å². The maximum Gasteiger partial charge on any atom is 0.305 e. The number of thiazole rings is 1. The molecule has 0 bridgehead atoms. The predicted octanol–water partition coefficient (Wildman–Crippen LogP) is 1.10. The molecule has 20 heavy (non-hydrogen) atoms. The van der Waals surface area contributed by atoms with Gasteiger partial charge in [0.25, 0.3) is 10.0 Å². The topological polar surface area (TPSA) is 103 Å². The molecule has 2 aromatic rings. The average molecular weight is 309 g/mol. The van der Waals surface area contributed by atoms with Crippen LogP contribution in [0, 0.1) is 18.3 Å². The highest BCUT2D eigenvalue weighted by atomic mass is 32.2. The van der Waals surface area contributed by atoms with Gasteiger partial charge >= 0.3 is 4.87 Å². The highest BCUT2D eigenvalue weighted by molar-refractivity contribution is 7.91. The molecule has 0 saturated carbocycles. The number of aromatic nitrogens is 1. The van der Waals surface area contributed by atoms with E-state index in [1.165, 1.54) is 6.92 Å². The summed E-state index contributed by atoms with van der Waals surface area (Å²) in [4.78, 5) is 13.2. The number of H-pyrrole nitrogens is 1. The van der Waals surface area contributed by atoms with Gasteiger partial charge in [0.05, 0.1) is 11.6 Å². The zero-order valence-corrected chi connectivity index (χ0v) is 12.1. The van der Waals surface area contributed by atoms with Gasteiger partial charge in [-0.15, -0.1) is 0 Å². The van der Waals surface area contributed by atoms with Gasteiger partial charge in [-0.2, -0.15) is 5.26 Å². The van der Waals surface area contributed by atoms with E-state index in [0.29, 0.717) is 22.6 Å². The largest absolute Gasteiger partial charge is 0.315 e. The van der Waals surface area contributed by atoms with E-state index in [9.17, 15) is 13.2 Å². The van der Waals surface area contributed by atoms with Gasteiger partial charge in [-0.1, -0.05) is 23.5 Å². The lowest BCUT2D eigenvalue weighted by atomic mass is 10.1. The smallest absolute Gasteiger partial charge is 0.305 e. The molecular formula is C12H11N3O3S2. The van der Waals surface area contributed by atoms with Gasteiger partial charge in [0, 0.05) is 12.2 Å². The number of nitriles is 1. The zero-order valence-electron chi connectivity index (χ0n) is 10.5. The summed E-state index contributed by atoms with van der Waals surface area (Å²) in [5, 5.41) is 8.68. The van der Waals surface area contributed by atoms with Crippen LogP contribution in [0.1, 0.15) is 16.8 Å². The summed E-state index contributed by atoms with van der Waals surface area (Å²) in [5.74, 6) is 0. The molecule has 1 heterocycles. The lowest BCUT2D eigenvalue weighted by molar-refractivity contribution is 0.582. The van der Waals surface area contributed by atoms with E-state index in [0.717, 1.165) is 5.56 Å². The molecule has 2 N–H and O–H groups in total. The van der Waals surface area contributed by atoms with Gasteiger partial charge in [-0.3, -0.25) is 4.79 Å². The summed E-state index contributed by atoms with van der Waals surface area (Å²) in [6.07, 6.45) is 0. The third kappa shape index (κ3) is 3.14. The maximum absolute atomic E-state index is 12.1. The summed E-state index contributed by atoms with van der Waals surface area (Å²) in [6.45, 7) is 1.63. The fourth-order valence-electron chi connectivity index (χ4n) is 1.59. The van der Waals surface area contributed by atoms with Crippen LogP contribution in [0.25, 0.3) is 0 Å². The van der Waals surface area contributed by atoms with Crippen LogP contribution >= 0.6 is 11.3 Å². The summed E-state index contributed by atoms with van der Waals surface area (Å²) < 4.78 is 26.5. The van der Waals surface area contributed by atoms with Crippen molar-refractivity contribution in [2.75, 3.05) is 0 Å². The Morgan fingerprint density at radius 3 is 2.50 bits per heavy atom. The Bertz CT molecular complexity index is 811. The molecule has 0 saturated heterocycles. The highest BCUT2D eigenvalue weighted by Crippen LogP contribution is 2.16. The maximum atomic E-state index is 12.1. The Hall–Kier alpha value is -1.95. The van der Waals surface area contributed by atoms with Gasteiger partial charge < -0.3 is 4.98 Å². The molecule has 0 spiro atoms. The minimum absolute atomic E-state index is 0.00357. The molecule has 2 rings (SSSR count). The van der Waals surface area contributed by atoms with Crippen molar-refractivity contribution in [2.24, 2.45) is 0 Å². The molecule has 0 atom stereocenters. The monoisotopic (exact) mass is 309 g/mol. The number of benzene rings is 1. The second-order valence-corrected chi connectivity index (χ2v) is 7.01. The van der Waals surface area contributed by atoms with Crippen molar-refractivity contribution < 1.29 is 8.42 Å². The Morgan fingerprint density at radius 2 is 2.00 bits per heavy atom. The van der Waals surface area contributed by atoms with Gasteiger partial charge in [0.15, 0.2) is 4.21 Å². The molecule has 0 fully saturated rings. The van der Waals surface area contributed by atoms with Crippen molar-refractivity contribution in [3.8, 4) is 6.07 Å². The number of rotatable bonds is 4. The Morgan fingerprint density at radius 1 is 1.35 bits per heavy atom. The molecule has 104 valence electrons. The van der Waals surface area contributed by atoms with Crippen molar-refractivity contribution in [1.82, 2.24) is 9.71 Å². The van der Waals surface area contributed by atoms with Gasteiger partial charge in [-0.25, -0.2) is 13.1 Å². The van der Waals surface area contributed by atoms with Crippen molar-refractivity contribution in [2.45, 2.75) is 17.7 Å². The number of hydrogen-bond acceptors (Lipinski definition) is 5. The number of aromatic amines is 1. The summed E-state index contributed by atoms with van der Waals surface area (Å²) in [7, 11) is -3.71. The molecular weight excluding hydrogens is 298 g/mol. The molecule has 8 heteroatoms. The predicted molar refractivity (Wildman–Crippen MR) is 74.9 cm³/mol. The van der Waals surface area contributed by atoms with Gasteiger partial charge in [-0.05, 0) is 24.6 Å². The van der Waals surface area contributed by atoms with Crippen molar-refractivity contribution in [3.05, 3.63) is 50.8 Å². The SMILES string of the molecule is Cc1[nH]c(=O)sc1S(=O)(=O)NCc1ccc(C#N)cc1. The lowest BCUT2D eigenvalue weighted by Gasteiger charge is -2.05. The second-order valence-electron chi connectivity index (χ2n) is 4.06. The number of nitrogens with one attached hydrogen (secondary N) is 2. The second kappa shape index (κ2) is 5.58. The molecule has 6 nitrogen and oxygen atoms in total. The first-order valence-electron chi connectivity index (χ1n) is 5.61. The Kier molecular flexibility index (Phi) is 4.04. The summed E-state index contributed by atoms with van der Waals surface area (Å²) in [5.41, 5.74) is 1.57. The molecule has 1 aromatic heterocycles. The molecule has 0 aliphatic carbocycles. The van der Waals surface area contributed by atoms with E-state index in [2.05, 4.69) is 9.71 Å². The molecule has 0 unspecified atom stereocenters. The summed E-state index contributed by atoms with van der Waals surface area (Å²) >= 11 is 0.658. The first kappa shape index (κ1) is 14.5. The Balaban J connectivity index is 2.15. The van der Waals surface area contributed by atoms with Crippen molar-refractivity contribution in [3.63, 3.8) is 0 Å². The molecule has 0 aliphatic heterocycles. The van der Waals surface area contributed by atoms with Crippen LogP contribution in [0.5, 0.6) is 0 Å². The number of sulfonamides is 1. The lowest BCUT2D eigenvalue weighted by Crippen LogP contribution is -2.23. The van der Waals surface area contributed by atoms with Crippen LogP contribution < -0.4 is 9.60 Å². The summed E-state index contributed by atoms with van der Waals surface area (Å²) in [6, 6.07) is 8.56. The van der Waals surface area contributed by atoms with Crippen LogP contribution in [-0.2, 0) is 16.6 Å². The first-order chi connectivity index (χ1) is 9.42. The zero-order chi connectivity index (χ0) is 14.8. The van der Waals surface area contributed by atoms with Gasteiger partial charge in [0.1, 0.15) is 0 Å². The third-order valence-electron chi connectivity index (χ3n) is 2.57. The van der Waals surface area contributed by atoms with E-state index in [1.807, 2.05) is 6.07 Å². The first-order valence-corrected chi connectivity index (χ1v) is 7.91. The van der Waals surface area contributed by atoms with E-state index in [4.69, 9.17) is 5.26 Å². The standard InChI is InChI=1S/C12H11N3O3S2/c1-8-11(19-12(16)15-8)20(17,18)14-7-10-4-2-9(6-13)3-5-10/h2-5,14H,7H2,1H3,(H,15,16). The van der Waals surface area contributed by atoms with Crippen molar-refractivity contribution in [1.29, 1.82) is 5.26 Å². The molecule has 0 radical (unpaired) electrons. The average Bonchev–Trinajstić information content (AvgIpc) is 2.77. The molecule has 0 amide bonds. The van der Waals surface area contributed by atoms with E-state index in [1.54, 1.807) is 24.3 Å². The van der Waals surface area contributed by atoms with Crippen LogP contribution in [0.15, 0.2) is 33.3 Å². The molecule has 1 aromatic carbocycles. The van der Waals surface area contributed by atoms with E-state index >= 15 is 0 Å². The number of nitrogens with zero attached hydrogens (tertiary/aromatic N) is 1. The van der Waals surface area contributed by atoms with E-state index in [-0.39, 0.29) is 10.8 Å². The fraction of sp³-hybridized carbons (Fsp3) is 0.167. The normalized spacial score (nSPS) is 11.2. The van der Waals surface area contributed by atoms with Crippen molar-refractivity contribution >= 4 is 21.4 Å². The van der Waals surface area contributed by atoms with E-state index < -0.39 is 14.9 Å². The Labute approximate surface area is 119 Å². The molecule has 0 aliphatic rings. The number of aryl methyl sites for hydroxylation is 1. The van der Waals surface area contributed by atoms with Crippen LogP contribution in [0.2, 0.25) is 0 Å². The number of hydrogen-bond donors (Lipinski definition) is 2.